The molecule has 3 heterocycles. The van der Waals surface area contributed by atoms with E-state index in [-0.39, 0.29) is 23.8 Å². The lowest BCUT2D eigenvalue weighted by Gasteiger charge is -2.24. The van der Waals surface area contributed by atoms with E-state index in [2.05, 4.69) is 0 Å². The predicted molar refractivity (Wildman–Crippen MR) is 183 cm³/mol. The summed E-state index contributed by atoms with van der Waals surface area (Å²) in [6.07, 6.45) is 7.74. The molecule has 3 fully saturated rings. The highest BCUT2D eigenvalue weighted by Crippen LogP contribution is 2.41. The summed E-state index contributed by atoms with van der Waals surface area (Å²) < 4.78 is 74.5. The summed E-state index contributed by atoms with van der Waals surface area (Å²) in [4.78, 5) is -0.292. The number of hydrogen-bond donors (Lipinski definition) is 0. The Bertz CT molecular complexity index is 1700. The van der Waals surface area contributed by atoms with Gasteiger partial charge >= 0.3 is 0 Å². The van der Waals surface area contributed by atoms with E-state index in [1.165, 1.54) is 0 Å². The smallest absolute Gasteiger partial charge is 0.199 e. The molecule has 0 aliphatic carbocycles. The first-order valence-electron chi connectivity index (χ1n) is 17.2. The average Bonchev–Trinajstić information content (AvgIpc) is 3.13. The van der Waals surface area contributed by atoms with Crippen molar-refractivity contribution < 1.29 is 41.4 Å². The molecule has 0 aromatic heterocycles. The molecule has 0 amide bonds. The minimum Gasteiger partial charge on any atom is -0.744 e. The van der Waals surface area contributed by atoms with Crippen LogP contribution in [0.25, 0.3) is 33.4 Å². The Labute approximate surface area is 287 Å². The van der Waals surface area contributed by atoms with Crippen molar-refractivity contribution in [2.24, 2.45) is 0 Å². The Hall–Kier alpha value is -3.93. The zero-order valence-corrected chi connectivity index (χ0v) is 28.2. The number of hydrogen-bond acceptors (Lipinski definition) is 9. The minimum atomic E-state index is -4.93. The molecule has 9 nitrogen and oxygen atoms in total. The number of benzene rings is 4. The maximum Gasteiger partial charge on any atom is 0.199 e. The maximum atomic E-state index is 13.1. The fourth-order valence-corrected chi connectivity index (χ4v) is 7.41. The van der Waals surface area contributed by atoms with Gasteiger partial charge in [-0.1, -0.05) is 36.4 Å². The first-order chi connectivity index (χ1) is 23.9. The molecule has 3 saturated heterocycles. The van der Waals surface area contributed by atoms with Gasteiger partial charge in [0.25, 0.3) is 0 Å². The highest BCUT2D eigenvalue weighted by atomic mass is 32.2. The van der Waals surface area contributed by atoms with Crippen molar-refractivity contribution in [1.29, 1.82) is 0 Å². The maximum absolute atomic E-state index is 13.1. The van der Waals surface area contributed by atoms with Crippen molar-refractivity contribution in [2.75, 3.05) is 19.8 Å². The van der Waals surface area contributed by atoms with Crippen LogP contribution in [-0.4, -0.2) is 51.7 Å². The molecule has 4 aromatic rings. The van der Waals surface area contributed by atoms with Crippen LogP contribution in [0.2, 0.25) is 0 Å². The second-order valence-electron chi connectivity index (χ2n) is 12.7. The zero-order chi connectivity index (χ0) is 33.6. The van der Waals surface area contributed by atoms with Crippen molar-refractivity contribution in [3.05, 3.63) is 84.9 Å². The molecule has 0 bridgehead atoms. The van der Waals surface area contributed by atoms with E-state index in [0.717, 1.165) is 68.9 Å². The summed E-state index contributed by atoms with van der Waals surface area (Å²) in [6, 6.07) is 25.3. The van der Waals surface area contributed by atoms with Crippen LogP contribution >= 0.6 is 0 Å². The van der Waals surface area contributed by atoms with Crippen LogP contribution in [0.1, 0.15) is 57.8 Å². The number of ether oxygens (including phenoxy) is 6. The summed E-state index contributed by atoms with van der Waals surface area (Å²) in [7, 11) is -4.93. The Morgan fingerprint density at radius 3 is 1.14 bits per heavy atom. The van der Waals surface area contributed by atoms with E-state index in [9.17, 15) is 13.0 Å². The summed E-state index contributed by atoms with van der Waals surface area (Å²) in [5, 5.41) is 0. The van der Waals surface area contributed by atoms with E-state index < -0.39 is 10.1 Å². The quantitative estimate of drug-likeness (QED) is 0.152. The highest BCUT2D eigenvalue weighted by molar-refractivity contribution is 7.86. The summed E-state index contributed by atoms with van der Waals surface area (Å²) in [5.41, 5.74) is 3.31. The van der Waals surface area contributed by atoms with Gasteiger partial charge in [0.05, 0.1) is 24.7 Å². The molecular formula is C39H41O9S-. The van der Waals surface area contributed by atoms with Gasteiger partial charge in [-0.05, 0) is 109 Å². The molecule has 7 rings (SSSR count). The predicted octanol–water partition coefficient (Wildman–Crippen LogP) is 8.31. The molecule has 3 aliphatic rings. The van der Waals surface area contributed by atoms with Gasteiger partial charge in [-0.25, -0.2) is 8.42 Å². The molecule has 0 radical (unpaired) electrons. The monoisotopic (exact) mass is 685 g/mol. The molecule has 3 atom stereocenters. The third kappa shape index (κ3) is 8.45. The topological polar surface area (TPSA) is 113 Å². The van der Waals surface area contributed by atoms with Gasteiger partial charge in [0, 0.05) is 30.4 Å². The Kier molecular flexibility index (Phi) is 10.5. The lowest BCUT2D eigenvalue weighted by molar-refractivity contribution is -0.106. The van der Waals surface area contributed by atoms with Crippen LogP contribution in [0.3, 0.4) is 0 Å². The van der Waals surface area contributed by atoms with Crippen molar-refractivity contribution in [3.63, 3.8) is 0 Å². The molecule has 3 aliphatic heterocycles. The third-order valence-corrected chi connectivity index (χ3v) is 10.0. The van der Waals surface area contributed by atoms with Crippen LogP contribution in [-0.2, 0) is 24.3 Å². The third-order valence-electron chi connectivity index (χ3n) is 9.07. The van der Waals surface area contributed by atoms with Gasteiger partial charge in [0.2, 0.25) is 0 Å². The van der Waals surface area contributed by atoms with Gasteiger partial charge in [-0.15, -0.1) is 0 Å². The van der Waals surface area contributed by atoms with E-state index >= 15 is 0 Å². The minimum absolute atomic E-state index is 0.271. The van der Waals surface area contributed by atoms with Crippen molar-refractivity contribution >= 4 is 10.1 Å². The lowest BCUT2D eigenvalue weighted by atomic mass is 9.93. The van der Waals surface area contributed by atoms with Crippen LogP contribution in [0.5, 0.6) is 17.2 Å². The van der Waals surface area contributed by atoms with Crippen LogP contribution < -0.4 is 14.2 Å². The molecular weight excluding hydrogens is 644 g/mol. The van der Waals surface area contributed by atoms with Crippen LogP contribution in [0.4, 0.5) is 0 Å². The van der Waals surface area contributed by atoms with Crippen LogP contribution in [0.15, 0.2) is 89.8 Å². The van der Waals surface area contributed by atoms with Gasteiger partial charge in [-0.3, -0.25) is 0 Å². The Balaban J connectivity index is 1.26. The number of rotatable bonds is 10. The molecule has 0 N–H and O–H groups in total. The highest BCUT2D eigenvalue weighted by Gasteiger charge is 2.22. The average molecular weight is 686 g/mol. The van der Waals surface area contributed by atoms with Gasteiger partial charge in [0.15, 0.2) is 18.9 Å². The molecule has 258 valence electrons. The van der Waals surface area contributed by atoms with E-state index in [4.69, 9.17) is 28.4 Å². The van der Waals surface area contributed by atoms with Crippen molar-refractivity contribution in [1.82, 2.24) is 0 Å². The fraction of sp³-hybridized carbons (Fsp3) is 0.385. The van der Waals surface area contributed by atoms with Crippen molar-refractivity contribution in [3.8, 4) is 50.6 Å². The van der Waals surface area contributed by atoms with Gasteiger partial charge < -0.3 is 33.0 Å². The molecule has 0 saturated carbocycles. The normalized spacial score (nSPS) is 21.5. The summed E-state index contributed by atoms with van der Waals surface area (Å²) in [6.45, 7) is 2.00. The Morgan fingerprint density at radius 2 is 0.837 bits per heavy atom. The molecule has 4 aromatic carbocycles. The zero-order valence-electron chi connectivity index (χ0n) is 27.4. The fourth-order valence-electron chi connectivity index (χ4n) is 6.51. The molecule has 10 heteroatoms. The molecule has 49 heavy (non-hydrogen) atoms. The summed E-state index contributed by atoms with van der Waals surface area (Å²) in [5.74, 6) is 1.90. The standard InChI is InChI=1S/C39H42O9S/c40-49(41,42)39-34(28-12-18-32(19-13-28)47-37-8-2-5-23-44-37)25-30(27-10-16-31(17-11-27)46-36-7-1-4-22-43-36)26-35(39)29-14-20-33(21-15-29)48-38-9-3-6-24-45-38/h10-21,25-26,36-38H,1-9,22-24H2,(H,40,41,42)/p-1. The van der Waals surface area contributed by atoms with E-state index in [1.54, 1.807) is 60.7 Å². The second kappa shape index (κ2) is 15.3. The van der Waals surface area contributed by atoms with E-state index in [1.807, 2.05) is 24.3 Å². The van der Waals surface area contributed by atoms with E-state index in [0.29, 0.717) is 59.3 Å². The summed E-state index contributed by atoms with van der Waals surface area (Å²) >= 11 is 0. The molecule has 3 unspecified atom stereocenters. The lowest BCUT2D eigenvalue weighted by Crippen LogP contribution is -2.24. The first kappa shape index (κ1) is 33.6. The Morgan fingerprint density at radius 1 is 0.490 bits per heavy atom. The second-order valence-corrected chi connectivity index (χ2v) is 14.0. The van der Waals surface area contributed by atoms with Gasteiger partial charge in [-0.2, -0.15) is 0 Å². The SMILES string of the molecule is O=S(=O)([O-])c1c(-c2ccc(OC3CCCCO3)cc2)cc(-c2ccc(OC3CCCCO3)cc2)cc1-c1ccc(OC2CCCCO2)cc1. The molecule has 0 spiro atoms. The first-order valence-corrected chi connectivity index (χ1v) is 18.6. The van der Waals surface area contributed by atoms with Gasteiger partial charge in [0.1, 0.15) is 27.4 Å². The largest absolute Gasteiger partial charge is 0.744 e. The van der Waals surface area contributed by atoms with Crippen molar-refractivity contribution in [2.45, 2.75) is 81.6 Å². The van der Waals surface area contributed by atoms with Crippen LogP contribution in [0, 0.1) is 0 Å².